The van der Waals surface area contributed by atoms with E-state index in [-0.39, 0.29) is 24.6 Å². The van der Waals surface area contributed by atoms with Gasteiger partial charge in [-0.05, 0) is 78.6 Å². The molecular weight excluding hydrogens is 397 g/mol. The highest BCUT2D eigenvalue weighted by Gasteiger charge is 2.48. The summed E-state index contributed by atoms with van der Waals surface area (Å²) in [5.41, 5.74) is 0. The van der Waals surface area contributed by atoms with Crippen molar-refractivity contribution in [3.8, 4) is 0 Å². The zero-order chi connectivity index (χ0) is 20.6. The molecule has 1 aliphatic heterocycles. The summed E-state index contributed by atoms with van der Waals surface area (Å²) < 4.78 is 32.2. The molecule has 0 N–H and O–H groups in total. The third-order valence-corrected chi connectivity index (χ3v) is 7.24. The maximum atomic E-state index is 6.63. The van der Waals surface area contributed by atoms with Gasteiger partial charge < -0.3 is 22.4 Å². The summed E-state index contributed by atoms with van der Waals surface area (Å²) in [5.74, 6) is 0. The molecule has 26 heavy (non-hydrogen) atoms. The monoisotopic (exact) mass is 438 g/mol. The third kappa shape index (κ3) is 9.74. The molecule has 5 nitrogen and oxygen atoms in total. The van der Waals surface area contributed by atoms with Crippen molar-refractivity contribution < 1.29 is 22.4 Å². The van der Waals surface area contributed by atoms with Crippen LogP contribution >= 0.6 is 0 Å². The highest BCUT2D eigenvalue weighted by atomic mass is 28.4. The van der Waals surface area contributed by atoms with Crippen LogP contribution in [0.5, 0.6) is 0 Å². The predicted molar refractivity (Wildman–Crippen MR) is 119 cm³/mol. The second-order valence-electron chi connectivity index (χ2n) is 11.1. The van der Waals surface area contributed by atoms with E-state index in [2.05, 4.69) is 78.6 Å². The topological polar surface area (TPSA) is 46.2 Å². The van der Waals surface area contributed by atoms with Crippen LogP contribution in [0.1, 0.15) is 0 Å². The van der Waals surface area contributed by atoms with Crippen molar-refractivity contribution in [2.45, 2.75) is 103 Å². The van der Waals surface area contributed by atoms with Crippen molar-refractivity contribution in [1.82, 2.24) is 0 Å². The molecule has 0 radical (unpaired) electrons. The van der Waals surface area contributed by atoms with Crippen molar-refractivity contribution in [1.29, 1.82) is 0 Å². The maximum absolute atomic E-state index is 6.63. The van der Waals surface area contributed by atoms with E-state index < -0.39 is 33.3 Å². The summed E-state index contributed by atoms with van der Waals surface area (Å²) >= 11 is 0. The summed E-state index contributed by atoms with van der Waals surface area (Å²) in [6, 6.07) is 0. The second-order valence-corrected chi connectivity index (χ2v) is 28.9. The lowest BCUT2D eigenvalue weighted by atomic mass is 10.1. The lowest BCUT2D eigenvalue weighted by Crippen LogP contribution is -2.63. The molecule has 1 fully saturated rings. The molecule has 9 heteroatoms. The minimum atomic E-state index is -1.82. The normalized spacial score (nSPS) is 29.1. The number of ether oxygens (including phenoxy) is 1. The van der Waals surface area contributed by atoms with Crippen LogP contribution in [-0.4, -0.2) is 64.5 Å². The Hall–Kier alpha value is 0.668. The van der Waals surface area contributed by atoms with Gasteiger partial charge in [-0.2, -0.15) is 0 Å². The van der Waals surface area contributed by atoms with Crippen molar-refractivity contribution in [3.63, 3.8) is 0 Å². The molecule has 156 valence electrons. The quantitative estimate of drug-likeness (QED) is 0.507. The van der Waals surface area contributed by atoms with E-state index in [0.717, 1.165) is 0 Å². The van der Waals surface area contributed by atoms with Gasteiger partial charge in [0.1, 0.15) is 12.2 Å². The van der Waals surface area contributed by atoms with Crippen molar-refractivity contribution in [3.05, 3.63) is 0 Å². The van der Waals surface area contributed by atoms with Crippen LogP contribution in [0.3, 0.4) is 0 Å². The summed E-state index contributed by atoms with van der Waals surface area (Å²) in [5, 5.41) is 0. The fourth-order valence-corrected chi connectivity index (χ4v) is 7.01. The van der Waals surface area contributed by atoms with Crippen LogP contribution in [0.4, 0.5) is 0 Å². The first-order valence-electron chi connectivity index (χ1n) is 9.69. The Balaban J connectivity index is 3.20. The van der Waals surface area contributed by atoms with Gasteiger partial charge in [0.05, 0.1) is 12.7 Å². The smallest absolute Gasteiger partial charge is 0.187 e. The van der Waals surface area contributed by atoms with Gasteiger partial charge >= 0.3 is 0 Å². The average Bonchev–Trinajstić information content (AvgIpc) is 2.30. The Kier molecular flexibility index (Phi) is 8.15. The fraction of sp³-hybridized carbons (Fsp3) is 1.00. The Morgan fingerprint density at radius 3 is 1.31 bits per heavy atom. The lowest BCUT2D eigenvalue weighted by molar-refractivity contribution is -0.232. The van der Waals surface area contributed by atoms with Crippen LogP contribution in [0.25, 0.3) is 0 Å². The molecule has 0 aromatic carbocycles. The zero-order valence-electron chi connectivity index (χ0n) is 19.1. The summed E-state index contributed by atoms with van der Waals surface area (Å²) in [6.07, 6.45) is -0.863. The van der Waals surface area contributed by atoms with Crippen LogP contribution in [0.2, 0.25) is 78.6 Å². The van der Waals surface area contributed by atoms with E-state index in [1.807, 2.05) is 0 Å². The Bertz CT molecular complexity index is 406. The Morgan fingerprint density at radius 1 is 0.538 bits per heavy atom. The standard InChI is InChI=1S/C17H42O5Si4/c1-23(2,3)19-14-13-18-17(22-26(10,11)12)16(21-25(7,8)9)15(14)20-24(4,5)6/h14-17H,13H2,1-12H3/t14-,15+,16+,17-/m1/s1. The van der Waals surface area contributed by atoms with Gasteiger partial charge in [0, 0.05) is 0 Å². The van der Waals surface area contributed by atoms with Crippen molar-refractivity contribution in [2.75, 3.05) is 6.61 Å². The molecule has 0 aromatic rings. The summed E-state index contributed by atoms with van der Waals surface area (Å²) in [7, 11) is -7.14. The molecule has 1 aliphatic rings. The van der Waals surface area contributed by atoms with E-state index in [1.165, 1.54) is 0 Å². The maximum Gasteiger partial charge on any atom is 0.187 e. The van der Waals surface area contributed by atoms with Gasteiger partial charge in [-0.3, -0.25) is 0 Å². The molecule has 1 rings (SSSR count). The molecule has 0 aromatic heterocycles. The Labute approximate surface area is 165 Å². The van der Waals surface area contributed by atoms with Crippen LogP contribution in [0, 0.1) is 0 Å². The fourth-order valence-electron chi connectivity index (χ4n) is 2.83. The summed E-state index contributed by atoms with van der Waals surface area (Å²) in [6.45, 7) is 26.9. The molecular formula is C17H42O5Si4. The molecule has 4 atom stereocenters. The predicted octanol–water partition coefficient (Wildman–Crippen LogP) is 4.85. The third-order valence-electron chi connectivity index (χ3n) is 3.34. The second kappa shape index (κ2) is 8.58. The van der Waals surface area contributed by atoms with E-state index in [9.17, 15) is 0 Å². The van der Waals surface area contributed by atoms with Gasteiger partial charge in [-0.15, -0.1) is 0 Å². The Morgan fingerprint density at radius 2 is 0.923 bits per heavy atom. The molecule has 1 heterocycles. The SMILES string of the molecule is C[Si](C)(C)O[C@H]1OC[C@@H](O[Si](C)(C)C)[C@H](O[Si](C)(C)C)[C@@H]1O[Si](C)(C)C. The van der Waals surface area contributed by atoms with Crippen LogP contribution in [0.15, 0.2) is 0 Å². The van der Waals surface area contributed by atoms with Crippen molar-refractivity contribution in [2.24, 2.45) is 0 Å². The number of rotatable bonds is 8. The van der Waals surface area contributed by atoms with E-state index in [1.54, 1.807) is 0 Å². The molecule has 0 spiro atoms. The average molecular weight is 439 g/mol. The van der Waals surface area contributed by atoms with E-state index >= 15 is 0 Å². The minimum Gasteiger partial charge on any atom is -0.410 e. The van der Waals surface area contributed by atoms with Crippen LogP contribution in [-0.2, 0) is 22.4 Å². The molecule has 0 aliphatic carbocycles. The van der Waals surface area contributed by atoms with Gasteiger partial charge in [-0.25, -0.2) is 0 Å². The zero-order valence-corrected chi connectivity index (χ0v) is 23.1. The first-order chi connectivity index (χ1) is 11.4. The highest BCUT2D eigenvalue weighted by Crippen LogP contribution is 2.31. The minimum absolute atomic E-state index is 0.101. The summed E-state index contributed by atoms with van der Waals surface area (Å²) in [4.78, 5) is 0. The van der Waals surface area contributed by atoms with Crippen molar-refractivity contribution >= 4 is 33.3 Å². The van der Waals surface area contributed by atoms with Gasteiger partial charge in [0.15, 0.2) is 39.6 Å². The van der Waals surface area contributed by atoms with Gasteiger partial charge in [0.25, 0.3) is 0 Å². The van der Waals surface area contributed by atoms with E-state index in [4.69, 9.17) is 22.4 Å². The first kappa shape index (κ1) is 24.7. The molecule has 1 saturated heterocycles. The molecule has 0 unspecified atom stereocenters. The van der Waals surface area contributed by atoms with E-state index in [0.29, 0.717) is 6.61 Å². The lowest BCUT2D eigenvalue weighted by Gasteiger charge is -2.48. The van der Waals surface area contributed by atoms with Crippen LogP contribution < -0.4 is 0 Å². The molecule has 0 saturated carbocycles. The first-order valence-corrected chi connectivity index (χ1v) is 23.3. The number of hydrogen-bond donors (Lipinski definition) is 0. The van der Waals surface area contributed by atoms with Gasteiger partial charge in [-0.1, -0.05) is 0 Å². The molecule has 0 bridgehead atoms. The highest BCUT2D eigenvalue weighted by molar-refractivity contribution is 6.71. The largest absolute Gasteiger partial charge is 0.410 e. The van der Waals surface area contributed by atoms with Gasteiger partial charge in [0.2, 0.25) is 0 Å². The molecule has 0 amide bonds. The number of hydrogen-bond acceptors (Lipinski definition) is 5.